The lowest BCUT2D eigenvalue weighted by atomic mass is 10.0. The van der Waals surface area contributed by atoms with Crippen LogP contribution in [-0.4, -0.2) is 36.4 Å². The van der Waals surface area contributed by atoms with Gasteiger partial charge in [0.05, 0.1) is 6.61 Å². The molecular weight excluding hydrogens is 512 g/mol. The first kappa shape index (κ1) is 39.1. The maximum absolute atomic E-state index is 12.1. The maximum atomic E-state index is 12.1. The quantitative estimate of drug-likeness (QED) is 0.0523. The number of ether oxygens (including phenoxy) is 2. The summed E-state index contributed by atoms with van der Waals surface area (Å²) < 4.78 is 10.5. The molecule has 0 heterocycles. The van der Waals surface area contributed by atoms with Gasteiger partial charge in [0.2, 0.25) is 0 Å². The molecule has 0 aliphatic carbocycles. The standard InChI is InChI=1S/C36H64O5/c1-3-5-7-9-11-13-15-17-18-19-21-22-24-26-28-30-35(38)40-33-34(32-37)41-36(39)31-29-27-25-23-20-16-14-12-10-8-6-4-2/h5,7,11,13,17-18,34,37H,3-4,6,8-10,12,14-16,19-33H2,1-2H3/b7-5+,13-11+,18-17+/t34-/m0/s1. The van der Waals surface area contributed by atoms with E-state index in [2.05, 4.69) is 50.3 Å². The molecule has 5 heteroatoms. The van der Waals surface area contributed by atoms with Crippen molar-refractivity contribution in [3.8, 4) is 0 Å². The number of carbonyl (C=O) groups is 2. The first-order chi connectivity index (χ1) is 20.1. The Bertz CT molecular complexity index is 667. The summed E-state index contributed by atoms with van der Waals surface area (Å²) in [5.74, 6) is -0.611. The number of rotatable bonds is 30. The topological polar surface area (TPSA) is 72.8 Å². The molecule has 238 valence electrons. The average molecular weight is 577 g/mol. The second-order valence-corrected chi connectivity index (χ2v) is 11.2. The molecule has 0 aliphatic heterocycles. The van der Waals surface area contributed by atoms with Crippen molar-refractivity contribution in [1.82, 2.24) is 0 Å². The summed E-state index contributed by atoms with van der Waals surface area (Å²) in [6.45, 7) is 3.99. The molecule has 1 atom stereocenters. The molecule has 41 heavy (non-hydrogen) atoms. The minimum Gasteiger partial charge on any atom is -0.462 e. The van der Waals surface area contributed by atoms with Crippen LogP contribution in [0.5, 0.6) is 0 Å². The fraction of sp³-hybridized carbons (Fsp3) is 0.778. The SMILES string of the molecule is CC/C=C/C/C=C/C/C=C/CCCCCCCC(=O)OC[C@H](CO)OC(=O)CCCCCCCCCCCCCC. The monoisotopic (exact) mass is 576 g/mol. The maximum Gasteiger partial charge on any atom is 0.306 e. The third kappa shape index (κ3) is 30.9. The molecule has 5 nitrogen and oxygen atoms in total. The summed E-state index contributed by atoms with van der Waals surface area (Å²) in [6, 6.07) is 0. The Labute approximate surface area is 253 Å². The number of carbonyl (C=O) groups excluding carboxylic acids is 2. The van der Waals surface area contributed by atoms with E-state index < -0.39 is 6.10 Å². The second-order valence-electron chi connectivity index (χ2n) is 11.2. The molecule has 0 saturated carbocycles. The number of aliphatic hydroxyl groups is 1. The van der Waals surface area contributed by atoms with Crippen molar-refractivity contribution in [2.75, 3.05) is 13.2 Å². The molecular formula is C36H64O5. The van der Waals surface area contributed by atoms with E-state index in [1.807, 2.05) is 0 Å². The van der Waals surface area contributed by atoms with Gasteiger partial charge in [0.15, 0.2) is 6.10 Å². The van der Waals surface area contributed by atoms with Gasteiger partial charge in [0.25, 0.3) is 0 Å². The van der Waals surface area contributed by atoms with Crippen molar-refractivity contribution in [2.45, 2.75) is 168 Å². The van der Waals surface area contributed by atoms with Crippen molar-refractivity contribution in [2.24, 2.45) is 0 Å². The van der Waals surface area contributed by atoms with E-state index in [-0.39, 0.29) is 25.2 Å². The number of unbranched alkanes of at least 4 members (excludes halogenated alkanes) is 16. The van der Waals surface area contributed by atoms with Crippen LogP contribution in [0.4, 0.5) is 0 Å². The van der Waals surface area contributed by atoms with Gasteiger partial charge in [0, 0.05) is 12.8 Å². The van der Waals surface area contributed by atoms with Crippen LogP contribution in [0, 0.1) is 0 Å². The fourth-order valence-corrected chi connectivity index (χ4v) is 4.63. The molecule has 0 aromatic heterocycles. The van der Waals surface area contributed by atoms with Gasteiger partial charge in [-0.3, -0.25) is 9.59 Å². The summed E-state index contributed by atoms with van der Waals surface area (Å²) in [6.07, 6.45) is 37.6. The van der Waals surface area contributed by atoms with Gasteiger partial charge in [-0.15, -0.1) is 0 Å². The molecule has 0 fully saturated rings. The minimum absolute atomic E-state index is 0.0729. The zero-order valence-electron chi connectivity index (χ0n) is 26.8. The third-order valence-electron chi connectivity index (χ3n) is 7.20. The molecule has 0 saturated heterocycles. The Morgan fingerprint density at radius 3 is 1.59 bits per heavy atom. The number of hydrogen-bond donors (Lipinski definition) is 1. The van der Waals surface area contributed by atoms with E-state index in [4.69, 9.17) is 9.47 Å². The van der Waals surface area contributed by atoms with Crippen LogP contribution in [0.2, 0.25) is 0 Å². The highest BCUT2D eigenvalue weighted by Crippen LogP contribution is 2.13. The number of esters is 2. The molecule has 0 unspecified atom stereocenters. The smallest absolute Gasteiger partial charge is 0.306 e. The number of allylic oxidation sites excluding steroid dienone is 6. The zero-order valence-corrected chi connectivity index (χ0v) is 26.8. The van der Waals surface area contributed by atoms with Crippen LogP contribution in [0.1, 0.15) is 162 Å². The highest BCUT2D eigenvalue weighted by molar-refractivity contribution is 5.70. The predicted molar refractivity (Wildman–Crippen MR) is 173 cm³/mol. The summed E-state index contributed by atoms with van der Waals surface area (Å²) in [7, 11) is 0. The van der Waals surface area contributed by atoms with Gasteiger partial charge >= 0.3 is 11.9 Å². The van der Waals surface area contributed by atoms with E-state index >= 15 is 0 Å². The fourth-order valence-electron chi connectivity index (χ4n) is 4.63. The highest BCUT2D eigenvalue weighted by Gasteiger charge is 2.16. The van der Waals surface area contributed by atoms with Gasteiger partial charge in [-0.2, -0.15) is 0 Å². The van der Waals surface area contributed by atoms with Gasteiger partial charge in [-0.05, 0) is 44.9 Å². The number of aliphatic hydroxyl groups excluding tert-OH is 1. The Hall–Kier alpha value is -1.88. The van der Waals surface area contributed by atoms with E-state index in [0.29, 0.717) is 12.8 Å². The Kier molecular flexibility index (Phi) is 31.1. The normalized spacial score (nSPS) is 12.6. The Balaban J connectivity index is 3.61. The molecule has 0 aromatic rings. The average Bonchev–Trinajstić information content (AvgIpc) is 2.97. The highest BCUT2D eigenvalue weighted by atomic mass is 16.6. The number of hydrogen-bond acceptors (Lipinski definition) is 5. The largest absolute Gasteiger partial charge is 0.462 e. The van der Waals surface area contributed by atoms with Crippen LogP contribution < -0.4 is 0 Å². The van der Waals surface area contributed by atoms with Crippen LogP contribution in [0.15, 0.2) is 36.5 Å². The Morgan fingerprint density at radius 2 is 1.05 bits per heavy atom. The van der Waals surface area contributed by atoms with Gasteiger partial charge in [-0.25, -0.2) is 0 Å². The molecule has 0 amide bonds. The lowest BCUT2D eigenvalue weighted by Gasteiger charge is -2.15. The summed E-state index contributed by atoms with van der Waals surface area (Å²) in [5.41, 5.74) is 0. The lowest BCUT2D eigenvalue weighted by molar-refractivity contribution is -0.161. The van der Waals surface area contributed by atoms with Crippen molar-refractivity contribution in [3.63, 3.8) is 0 Å². The molecule has 1 N–H and O–H groups in total. The van der Waals surface area contributed by atoms with Crippen LogP contribution >= 0.6 is 0 Å². The molecule has 0 aliphatic rings. The molecule has 0 bridgehead atoms. The predicted octanol–water partition coefficient (Wildman–Crippen LogP) is 10.1. The van der Waals surface area contributed by atoms with Crippen LogP contribution in [-0.2, 0) is 19.1 Å². The third-order valence-corrected chi connectivity index (χ3v) is 7.20. The van der Waals surface area contributed by atoms with Gasteiger partial charge < -0.3 is 14.6 Å². The van der Waals surface area contributed by atoms with Crippen molar-refractivity contribution >= 4 is 11.9 Å². The first-order valence-electron chi connectivity index (χ1n) is 17.0. The van der Waals surface area contributed by atoms with E-state index in [1.54, 1.807) is 0 Å². The van der Waals surface area contributed by atoms with E-state index in [1.165, 1.54) is 70.6 Å². The minimum atomic E-state index is -0.773. The summed E-state index contributed by atoms with van der Waals surface area (Å²) in [5, 5.41) is 9.50. The van der Waals surface area contributed by atoms with E-state index in [0.717, 1.165) is 64.2 Å². The van der Waals surface area contributed by atoms with Gasteiger partial charge in [-0.1, -0.05) is 140 Å². The van der Waals surface area contributed by atoms with Crippen LogP contribution in [0.3, 0.4) is 0 Å². The molecule has 0 aromatic carbocycles. The molecule has 0 spiro atoms. The summed E-state index contributed by atoms with van der Waals surface area (Å²) >= 11 is 0. The zero-order chi connectivity index (χ0) is 30.1. The van der Waals surface area contributed by atoms with Crippen molar-refractivity contribution in [3.05, 3.63) is 36.5 Å². The van der Waals surface area contributed by atoms with Gasteiger partial charge in [0.1, 0.15) is 6.61 Å². The molecule has 0 rings (SSSR count). The van der Waals surface area contributed by atoms with E-state index in [9.17, 15) is 14.7 Å². The van der Waals surface area contributed by atoms with Crippen molar-refractivity contribution < 1.29 is 24.2 Å². The molecule has 0 radical (unpaired) electrons. The summed E-state index contributed by atoms with van der Waals surface area (Å²) in [4.78, 5) is 24.1. The van der Waals surface area contributed by atoms with Crippen molar-refractivity contribution in [1.29, 1.82) is 0 Å². The lowest BCUT2D eigenvalue weighted by Crippen LogP contribution is -2.28. The second kappa shape index (κ2) is 32.6. The first-order valence-corrected chi connectivity index (χ1v) is 17.0. The Morgan fingerprint density at radius 1 is 0.585 bits per heavy atom. The van der Waals surface area contributed by atoms with Crippen LogP contribution in [0.25, 0.3) is 0 Å².